The van der Waals surface area contributed by atoms with Crippen molar-refractivity contribution in [3.05, 3.63) is 66.0 Å². The van der Waals surface area contributed by atoms with Crippen molar-refractivity contribution in [3.63, 3.8) is 0 Å². The summed E-state index contributed by atoms with van der Waals surface area (Å²) in [6, 6.07) is 19.0. The lowest BCUT2D eigenvalue weighted by Gasteiger charge is -2.19. The monoisotopic (exact) mass is 441 g/mol. The third kappa shape index (κ3) is 2.91. The highest BCUT2D eigenvalue weighted by atomic mass is 32.2. The van der Waals surface area contributed by atoms with Crippen LogP contribution >= 0.6 is 0 Å². The van der Waals surface area contributed by atoms with E-state index in [0.717, 1.165) is 4.09 Å². The van der Waals surface area contributed by atoms with Crippen molar-refractivity contribution < 1.29 is 8.42 Å². The maximum atomic E-state index is 13.2. The summed E-state index contributed by atoms with van der Waals surface area (Å²) in [5, 5.41) is 33.7. The number of azo groups is 1. The molecule has 0 saturated heterocycles. The topological polar surface area (TPSA) is 165 Å². The molecule has 154 valence electrons. The van der Waals surface area contributed by atoms with Crippen molar-refractivity contribution in [2.75, 3.05) is 5.32 Å². The van der Waals surface area contributed by atoms with Crippen LogP contribution in [0.4, 0.5) is 23.1 Å². The van der Waals surface area contributed by atoms with Gasteiger partial charge in [0, 0.05) is 5.56 Å². The van der Waals surface area contributed by atoms with Crippen LogP contribution < -0.4 is 5.32 Å². The summed E-state index contributed by atoms with van der Waals surface area (Å²) in [5.74, 6) is 0.0370. The Hall–Kier alpha value is -4.81. The summed E-state index contributed by atoms with van der Waals surface area (Å²) in [7, 11) is -3.97. The smallest absolute Gasteiger partial charge is 0.287 e. The molecule has 2 aromatic carbocycles. The van der Waals surface area contributed by atoms with Crippen LogP contribution in [0.1, 0.15) is 11.4 Å². The Kier molecular flexibility index (Phi) is 4.29. The second kappa shape index (κ2) is 7.16. The lowest BCUT2D eigenvalue weighted by atomic mass is 10.1. The average molecular weight is 441 g/mol. The molecule has 0 unspecified atom stereocenters. The fourth-order valence-electron chi connectivity index (χ4n) is 3.24. The SMILES string of the molecule is N#Cc1nc(N=Nc2c(-c3ccccc3)nn3c2Nc2ccccc2S3(=O)=O)[nH]c1C#N. The number of para-hydroxylation sites is 1. The van der Waals surface area contributed by atoms with Crippen molar-refractivity contribution in [2.24, 2.45) is 10.2 Å². The van der Waals surface area contributed by atoms with Gasteiger partial charge in [0.25, 0.3) is 10.0 Å². The Morgan fingerprint density at radius 2 is 1.72 bits per heavy atom. The summed E-state index contributed by atoms with van der Waals surface area (Å²) in [6.45, 7) is 0. The van der Waals surface area contributed by atoms with Gasteiger partial charge in [-0.2, -0.15) is 29.0 Å². The van der Waals surface area contributed by atoms with Gasteiger partial charge in [-0.05, 0) is 12.1 Å². The van der Waals surface area contributed by atoms with Crippen molar-refractivity contribution >= 4 is 33.2 Å². The van der Waals surface area contributed by atoms with Crippen LogP contribution in [0.25, 0.3) is 11.3 Å². The van der Waals surface area contributed by atoms with Gasteiger partial charge >= 0.3 is 0 Å². The third-order valence-corrected chi connectivity index (χ3v) is 6.31. The number of anilines is 2. The molecule has 3 heterocycles. The quantitative estimate of drug-likeness (QED) is 0.402. The van der Waals surface area contributed by atoms with Crippen LogP contribution in [0.3, 0.4) is 0 Å². The number of hydrogen-bond donors (Lipinski definition) is 2. The first kappa shape index (κ1) is 19.2. The normalized spacial score (nSPS) is 13.6. The zero-order valence-electron chi connectivity index (χ0n) is 16.1. The number of aromatic amines is 1. The molecule has 0 atom stereocenters. The largest absolute Gasteiger partial charge is 0.336 e. The summed E-state index contributed by atoms with van der Waals surface area (Å²) in [4.78, 5) is 6.59. The lowest BCUT2D eigenvalue weighted by molar-refractivity contribution is 0.580. The van der Waals surface area contributed by atoms with Crippen LogP contribution in [-0.2, 0) is 10.0 Å². The van der Waals surface area contributed by atoms with Crippen LogP contribution in [0.15, 0.2) is 69.7 Å². The van der Waals surface area contributed by atoms with Gasteiger partial charge in [-0.3, -0.25) is 0 Å². The number of H-pyrrole nitrogens is 1. The predicted molar refractivity (Wildman–Crippen MR) is 112 cm³/mol. The van der Waals surface area contributed by atoms with Crippen molar-refractivity contribution in [2.45, 2.75) is 4.90 Å². The van der Waals surface area contributed by atoms with E-state index in [1.54, 1.807) is 48.5 Å². The Labute approximate surface area is 181 Å². The van der Waals surface area contributed by atoms with Gasteiger partial charge in [0.1, 0.15) is 22.7 Å². The number of fused-ring (bicyclic) bond motifs is 2. The number of rotatable bonds is 3. The van der Waals surface area contributed by atoms with E-state index < -0.39 is 10.0 Å². The number of aromatic nitrogens is 4. The van der Waals surface area contributed by atoms with Gasteiger partial charge in [-0.15, -0.1) is 14.3 Å². The molecule has 2 N–H and O–H groups in total. The molecule has 1 aliphatic heterocycles. The second-order valence-corrected chi connectivity index (χ2v) is 8.32. The van der Waals surface area contributed by atoms with Crippen LogP contribution in [0.5, 0.6) is 0 Å². The lowest BCUT2D eigenvalue weighted by Crippen LogP contribution is -2.22. The molecule has 0 bridgehead atoms. The maximum absolute atomic E-state index is 13.2. The zero-order chi connectivity index (χ0) is 22.3. The van der Waals surface area contributed by atoms with Crippen molar-refractivity contribution in [1.82, 2.24) is 19.2 Å². The minimum Gasteiger partial charge on any atom is -0.336 e. The molecule has 0 amide bonds. The molecule has 0 spiro atoms. The highest BCUT2D eigenvalue weighted by molar-refractivity contribution is 7.90. The molecule has 0 fully saturated rings. The Bertz CT molecular complexity index is 1550. The number of hydrogen-bond acceptors (Lipinski definition) is 9. The molecular formula is C20H11N9O2S. The van der Waals surface area contributed by atoms with E-state index in [9.17, 15) is 8.42 Å². The molecule has 1 aliphatic rings. The molecule has 0 radical (unpaired) electrons. The summed E-state index contributed by atoms with van der Waals surface area (Å²) in [5.41, 5.74) is 1.28. The summed E-state index contributed by atoms with van der Waals surface area (Å²) < 4.78 is 27.3. The first-order valence-electron chi connectivity index (χ1n) is 9.15. The molecule has 32 heavy (non-hydrogen) atoms. The fraction of sp³-hybridized carbons (Fsp3) is 0. The van der Waals surface area contributed by atoms with Crippen LogP contribution in [0, 0.1) is 22.7 Å². The second-order valence-electron chi connectivity index (χ2n) is 6.59. The van der Waals surface area contributed by atoms with Crippen LogP contribution in [0.2, 0.25) is 0 Å². The molecule has 2 aromatic heterocycles. The molecule has 12 heteroatoms. The number of nitrogens with zero attached hydrogens (tertiary/aromatic N) is 7. The van der Waals surface area contributed by atoms with Crippen molar-refractivity contribution in [3.8, 4) is 23.4 Å². The predicted octanol–water partition coefficient (Wildman–Crippen LogP) is 3.73. The Balaban J connectivity index is 1.71. The van der Waals surface area contributed by atoms with E-state index in [0.29, 0.717) is 11.3 Å². The highest BCUT2D eigenvalue weighted by Gasteiger charge is 2.34. The number of nitriles is 2. The molecule has 0 aliphatic carbocycles. The van der Waals surface area contributed by atoms with Gasteiger partial charge in [-0.25, -0.2) is 0 Å². The first-order valence-corrected chi connectivity index (χ1v) is 10.6. The van der Waals surface area contributed by atoms with Gasteiger partial charge in [-0.1, -0.05) is 42.5 Å². The Morgan fingerprint density at radius 1 is 0.969 bits per heavy atom. The molecule has 5 rings (SSSR count). The maximum Gasteiger partial charge on any atom is 0.287 e. The standard InChI is InChI=1S/C20H11N9O2S/c21-10-14-15(11-22)25-20(24-14)27-26-18-17(12-6-2-1-3-7-12)28-29-19(18)23-13-8-4-5-9-16(13)32(29,30)31/h1-9,23H,(H,24,25). The molecular weight excluding hydrogens is 430 g/mol. The fourth-order valence-corrected chi connectivity index (χ4v) is 4.64. The minimum absolute atomic E-state index is 0.0450. The van der Waals surface area contributed by atoms with E-state index in [1.807, 2.05) is 12.1 Å². The van der Waals surface area contributed by atoms with Crippen LogP contribution in [-0.4, -0.2) is 27.6 Å². The van der Waals surface area contributed by atoms with E-state index >= 15 is 0 Å². The number of benzene rings is 2. The zero-order valence-corrected chi connectivity index (χ0v) is 16.9. The first-order chi connectivity index (χ1) is 15.5. The number of nitrogens with one attached hydrogen (secondary N) is 2. The van der Waals surface area contributed by atoms with Gasteiger partial charge in [0.05, 0.1) is 5.69 Å². The van der Waals surface area contributed by atoms with Gasteiger partial charge in [0.15, 0.2) is 22.9 Å². The van der Waals surface area contributed by atoms with E-state index in [4.69, 9.17) is 10.5 Å². The van der Waals surface area contributed by atoms with E-state index in [2.05, 4.69) is 30.6 Å². The highest BCUT2D eigenvalue weighted by Crippen LogP contribution is 2.44. The van der Waals surface area contributed by atoms with Crippen molar-refractivity contribution in [1.29, 1.82) is 10.5 Å². The average Bonchev–Trinajstić information content (AvgIpc) is 3.39. The van der Waals surface area contributed by atoms with Gasteiger partial charge < -0.3 is 10.3 Å². The number of imidazole rings is 1. The molecule has 11 nitrogen and oxygen atoms in total. The van der Waals surface area contributed by atoms with E-state index in [-0.39, 0.29) is 39.4 Å². The summed E-state index contributed by atoms with van der Waals surface area (Å²) in [6.07, 6.45) is 0. The van der Waals surface area contributed by atoms with Gasteiger partial charge in [0.2, 0.25) is 5.95 Å². The Morgan fingerprint density at radius 3 is 2.44 bits per heavy atom. The third-order valence-electron chi connectivity index (χ3n) is 4.68. The molecule has 0 saturated carbocycles. The molecule has 4 aromatic rings. The summed E-state index contributed by atoms with van der Waals surface area (Å²) >= 11 is 0. The minimum atomic E-state index is -3.97. The van der Waals surface area contributed by atoms with E-state index in [1.165, 1.54) is 6.07 Å².